The average molecular weight is 168 g/mol. The molecule has 0 unspecified atom stereocenters. The van der Waals surface area contributed by atoms with Crippen LogP contribution in [0.2, 0.25) is 4.34 Å². The fraction of sp³-hybridized carbons (Fsp3) is 0.250. The van der Waals surface area contributed by atoms with Gasteiger partial charge >= 0.3 is 0 Å². The molecule has 0 bridgehead atoms. The second kappa shape index (κ2) is 3.00. The van der Waals surface area contributed by atoms with Gasteiger partial charge in [0.1, 0.15) is 4.34 Å². The molecule has 0 aliphatic carbocycles. The highest BCUT2D eigenvalue weighted by Crippen LogP contribution is 2.09. The summed E-state index contributed by atoms with van der Waals surface area (Å²) in [6.07, 6.45) is 0. The van der Waals surface area contributed by atoms with Crippen LogP contribution in [0.5, 0.6) is 0 Å². The van der Waals surface area contributed by atoms with E-state index < -0.39 is 0 Å². The van der Waals surface area contributed by atoms with Crippen LogP contribution in [0.3, 0.4) is 0 Å². The van der Waals surface area contributed by atoms with Crippen LogP contribution in [0.25, 0.3) is 0 Å². The Balaban J connectivity index is 0.000000640. The van der Waals surface area contributed by atoms with Crippen molar-refractivity contribution >= 4 is 23.1 Å². The van der Waals surface area contributed by atoms with Crippen LogP contribution in [-0.4, -0.2) is 3.96 Å². The topological polar surface area (TPSA) is 58.5 Å². The van der Waals surface area contributed by atoms with Gasteiger partial charge in [0.15, 0.2) is 0 Å². The molecule has 0 fully saturated rings. The van der Waals surface area contributed by atoms with Crippen molar-refractivity contribution in [2.24, 2.45) is 7.05 Å². The predicted molar refractivity (Wildman–Crippen MR) is 40.6 cm³/mol. The first-order chi connectivity index (χ1) is 3.70. The first kappa shape index (κ1) is 8.68. The summed E-state index contributed by atoms with van der Waals surface area (Å²) in [5.41, 5.74) is -0.0417. The van der Waals surface area contributed by atoms with Gasteiger partial charge in [-0.25, -0.2) is 0 Å². The van der Waals surface area contributed by atoms with E-state index in [0.717, 1.165) is 0 Å². The van der Waals surface area contributed by atoms with Crippen molar-refractivity contribution in [3.05, 3.63) is 20.8 Å². The van der Waals surface area contributed by atoms with Crippen molar-refractivity contribution in [1.29, 1.82) is 0 Å². The highest BCUT2D eigenvalue weighted by molar-refractivity contribution is 7.11. The Morgan fingerprint density at radius 2 is 2.33 bits per heavy atom. The molecule has 1 aromatic rings. The van der Waals surface area contributed by atoms with Gasteiger partial charge < -0.3 is 6.15 Å². The van der Waals surface area contributed by atoms with Gasteiger partial charge in [-0.3, -0.25) is 8.75 Å². The number of aromatic nitrogens is 1. The Kier molecular flexibility index (Phi) is 2.90. The van der Waals surface area contributed by atoms with Gasteiger partial charge in [-0.2, -0.15) is 0 Å². The second-order valence-electron chi connectivity index (χ2n) is 1.38. The van der Waals surface area contributed by atoms with Gasteiger partial charge in [-0.05, 0) is 11.5 Å². The van der Waals surface area contributed by atoms with E-state index in [1.807, 2.05) is 0 Å². The van der Waals surface area contributed by atoms with E-state index in [0.29, 0.717) is 4.34 Å². The summed E-state index contributed by atoms with van der Waals surface area (Å²) < 4.78 is 2.01. The number of hydrogen-bond acceptors (Lipinski definition) is 2. The first-order valence-electron chi connectivity index (χ1n) is 2.03. The molecule has 0 amide bonds. The largest absolute Gasteiger partial charge is 0.369 e. The fourth-order valence-corrected chi connectivity index (χ4v) is 1.35. The number of aryl methyl sites for hydroxylation is 1. The maximum atomic E-state index is 10.5. The lowest BCUT2D eigenvalue weighted by Crippen LogP contribution is -2.05. The Bertz CT molecular complexity index is 241. The summed E-state index contributed by atoms with van der Waals surface area (Å²) in [6, 6.07) is 1.40. The molecule has 52 valence electrons. The monoisotopic (exact) mass is 167 g/mol. The van der Waals surface area contributed by atoms with E-state index in [2.05, 4.69) is 0 Å². The quantitative estimate of drug-likeness (QED) is 0.625. The highest BCUT2D eigenvalue weighted by atomic mass is 35.5. The van der Waals surface area contributed by atoms with Gasteiger partial charge in [0, 0.05) is 13.1 Å². The summed E-state index contributed by atoms with van der Waals surface area (Å²) in [5.74, 6) is 0. The predicted octanol–water partition coefficient (Wildman–Crippen LogP) is 1.48. The summed E-state index contributed by atoms with van der Waals surface area (Å²) in [6.45, 7) is 0. The molecule has 0 radical (unpaired) electrons. The summed E-state index contributed by atoms with van der Waals surface area (Å²) in [7, 11) is 1.68. The average Bonchev–Trinajstić information content (AvgIpc) is 1.85. The van der Waals surface area contributed by atoms with Crippen molar-refractivity contribution in [2.75, 3.05) is 0 Å². The molecule has 0 saturated heterocycles. The van der Waals surface area contributed by atoms with Crippen LogP contribution < -0.4 is 11.7 Å². The zero-order valence-corrected chi connectivity index (χ0v) is 6.79. The first-order valence-corrected chi connectivity index (χ1v) is 3.18. The lowest BCUT2D eigenvalue weighted by Gasteiger charge is -1.77. The van der Waals surface area contributed by atoms with Crippen molar-refractivity contribution in [2.45, 2.75) is 0 Å². The SMILES string of the molecule is Cn1sc(Cl)cc1=O.[NH4+]. The maximum absolute atomic E-state index is 10.5. The molecule has 0 aromatic carbocycles. The lowest BCUT2D eigenvalue weighted by atomic mass is 10.7. The third-order valence-electron chi connectivity index (χ3n) is 0.771. The maximum Gasteiger partial charge on any atom is 0.261 e. The summed E-state index contributed by atoms with van der Waals surface area (Å²) in [5, 5.41) is 0. The molecular weight excluding hydrogens is 160 g/mol. The number of rotatable bonds is 0. The van der Waals surface area contributed by atoms with Gasteiger partial charge in [-0.1, -0.05) is 11.6 Å². The van der Waals surface area contributed by atoms with Gasteiger partial charge in [0.25, 0.3) is 5.56 Å². The van der Waals surface area contributed by atoms with Crippen LogP contribution in [0.1, 0.15) is 0 Å². The molecule has 9 heavy (non-hydrogen) atoms. The van der Waals surface area contributed by atoms with E-state index in [1.165, 1.54) is 21.6 Å². The van der Waals surface area contributed by atoms with Gasteiger partial charge in [-0.15, -0.1) is 0 Å². The van der Waals surface area contributed by atoms with Crippen LogP contribution in [0.4, 0.5) is 0 Å². The van der Waals surface area contributed by atoms with E-state index in [9.17, 15) is 4.79 Å². The van der Waals surface area contributed by atoms with Crippen molar-refractivity contribution in [1.82, 2.24) is 10.1 Å². The Morgan fingerprint density at radius 3 is 2.44 bits per heavy atom. The lowest BCUT2D eigenvalue weighted by molar-refractivity contribution is 0.981. The third-order valence-corrected chi connectivity index (χ3v) is 1.83. The Labute approximate surface area is 61.6 Å². The molecule has 5 heteroatoms. The smallest absolute Gasteiger partial charge is 0.261 e. The van der Waals surface area contributed by atoms with Crippen LogP contribution in [-0.2, 0) is 7.05 Å². The van der Waals surface area contributed by atoms with Crippen molar-refractivity contribution in [3.63, 3.8) is 0 Å². The number of nitrogens with zero attached hydrogens (tertiary/aromatic N) is 1. The third kappa shape index (κ3) is 1.82. The summed E-state index contributed by atoms with van der Waals surface area (Å²) >= 11 is 6.70. The Hall–Kier alpha value is -0.320. The minimum atomic E-state index is -0.0417. The highest BCUT2D eigenvalue weighted by Gasteiger charge is 1.93. The molecule has 0 aliphatic rings. The summed E-state index contributed by atoms with van der Waals surface area (Å²) in [4.78, 5) is 10.5. The zero-order chi connectivity index (χ0) is 6.15. The van der Waals surface area contributed by atoms with Gasteiger partial charge in [0.2, 0.25) is 0 Å². The molecule has 1 aromatic heterocycles. The van der Waals surface area contributed by atoms with Crippen LogP contribution in [0, 0.1) is 0 Å². The normalized spacial score (nSPS) is 8.67. The van der Waals surface area contributed by atoms with Crippen molar-refractivity contribution < 1.29 is 0 Å². The van der Waals surface area contributed by atoms with E-state index in [-0.39, 0.29) is 11.7 Å². The minimum Gasteiger partial charge on any atom is -0.369 e. The fourth-order valence-electron chi connectivity index (χ4n) is 0.390. The minimum absolute atomic E-state index is 0. The molecule has 0 atom stereocenters. The number of quaternary nitrogens is 1. The van der Waals surface area contributed by atoms with E-state index in [4.69, 9.17) is 11.6 Å². The molecule has 0 spiro atoms. The Morgan fingerprint density at radius 1 is 1.78 bits per heavy atom. The van der Waals surface area contributed by atoms with Crippen LogP contribution >= 0.6 is 23.1 Å². The molecule has 1 heterocycles. The standard InChI is InChI=1S/C4H4ClNOS.H3N/c1-6-4(7)2-3(5)8-6;/h2H,1H3;1H3/p+1. The second-order valence-corrected chi connectivity index (χ2v) is 3.18. The zero-order valence-electron chi connectivity index (χ0n) is 5.22. The van der Waals surface area contributed by atoms with Crippen molar-refractivity contribution in [3.8, 4) is 0 Å². The molecule has 3 nitrogen and oxygen atoms in total. The van der Waals surface area contributed by atoms with E-state index in [1.54, 1.807) is 7.05 Å². The molecule has 1 rings (SSSR count). The van der Waals surface area contributed by atoms with Gasteiger partial charge in [0.05, 0.1) is 0 Å². The molecule has 4 N–H and O–H groups in total. The molecular formula is C4H8ClN2OS+. The molecule has 0 aliphatic heterocycles. The number of halogens is 1. The van der Waals surface area contributed by atoms with Crippen LogP contribution in [0.15, 0.2) is 10.9 Å². The molecule has 0 saturated carbocycles. The van der Waals surface area contributed by atoms with E-state index >= 15 is 0 Å². The number of hydrogen-bond donors (Lipinski definition) is 1.